The number of nitrogens with zero attached hydrogens (tertiary/aromatic N) is 1. The molecule has 1 aromatic rings. The summed E-state index contributed by atoms with van der Waals surface area (Å²) in [5.74, 6) is 0.145. The van der Waals surface area contributed by atoms with Gasteiger partial charge in [0, 0.05) is 27.0 Å². The lowest BCUT2D eigenvalue weighted by Gasteiger charge is -2.16. The Bertz CT molecular complexity index is 441. The Morgan fingerprint density at radius 2 is 1.88 bits per heavy atom. The maximum Gasteiger partial charge on any atom is 0.244 e. The van der Waals surface area contributed by atoms with E-state index in [1.807, 2.05) is 19.2 Å². The molecule has 0 saturated carbocycles. The van der Waals surface area contributed by atoms with Crippen molar-refractivity contribution in [3.8, 4) is 0 Å². The second-order valence-corrected chi connectivity index (χ2v) is 6.61. The Hall–Kier alpha value is -0.0700. The largest absolute Gasteiger partial charge is 0.372 e. The van der Waals surface area contributed by atoms with E-state index in [0.717, 1.165) is 32.1 Å². The van der Waals surface area contributed by atoms with Gasteiger partial charge < -0.3 is 10.2 Å². The molecule has 0 aromatic heterocycles. The number of hydrogen-bond acceptors (Lipinski definition) is 2. The van der Waals surface area contributed by atoms with Gasteiger partial charge in [0.05, 0.1) is 5.69 Å². The summed E-state index contributed by atoms with van der Waals surface area (Å²) in [7, 11) is 1.83. The van der Waals surface area contributed by atoms with Gasteiger partial charge in [-0.25, -0.2) is 0 Å². The van der Waals surface area contributed by atoms with Crippen molar-refractivity contribution in [1.29, 1.82) is 0 Å². The van der Waals surface area contributed by atoms with Crippen LogP contribution in [0.3, 0.4) is 0 Å². The first-order valence-electron chi connectivity index (χ1n) is 5.15. The highest BCUT2D eigenvalue weighted by molar-refractivity contribution is 9.11. The van der Waals surface area contributed by atoms with Crippen molar-refractivity contribution < 1.29 is 4.79 Å². The first kappa shape index (κ1) is 13.4. The number of carbonyl (C=O) groups excluding carboxylic acids is 1. The Morgan fingerprint density at radius 1 is 1.29 bits per heavy atom. The van der Waals surface area contributed by atoms with E-state index >= 15 is 0 Å². The molecular formula is C11H11Br3N2O. The summed E-state index contributed by atoms with van der Waals surface area (Å²) in [6, 6.07) is 3.78. The molecule has 1 fully saturated rings. The van der Waals surface area contributed by atoms with Gasteiger partial charge in [-0.2, -0.15) is 0 Å². The van der Waals surface area contributed by atoms with E-state index in [9.17, 15) is 4.79 Å². The van der Waals surface area contributed by atoms with E-state index < -0.39 is 0 Å². The number of halogens is 3. The Morgan fingerprint density at radius 3 is 2.35 bits per heavy atom. The average molecular weight is 427 g/mol. The molecule has 1 aliphatic heterocycles. The predicted octanol–water partition coefficient (Wildman–Crippen LogP) is 3.62. The summed E-state index contributed by atoms with van der Waals surface area (Å²) < 4.78 is 2.85. The molecule has 92 valence electrons. The number of hydrogen-bond donors (Lipinski definition) is 1. The molecule has 0 aliphatic carbocycles. The highest BCUT2D eigenvalue weighted by Gasteiger charge is 2.29. The smallest absolute Gasteiger partial charge is 0.244 e. The lowest BCUT2D eigenvalue weighted by Crippen LogP contribution is -2.31. The van der Waals surface area contributed by atoms with E-state index in [4.69, 9.17) is 0 Å². The summed E-state index contributed by atoms with van der Waals surface area (Å²) in [4.78, 5) is 13.6. The van der Waals surface area contributed by atoms with Gasteiger partial charge in [-0.3, -0.25) is 4.79 Å². The Balaban J connectivity index is 2.22. The topological polar surface area (TPSA) is 32.3 Å². The second-order valence-electron chi connectivity index (χ2n) is 3.99. The maximum absolute atomic E-state index is 11.8. The molecule has 0 spiro atoms. The van der Waals surface area contributed by atoms with E-state index in [0.29, 0.717) is 0 Å². The molecule has 6 heteroatoms. The predicted molar refractivity (Wildman–Crippen MR) is 79.2 cm³/mol. The van der Waals surface area contributed by atoms with Crippen LogP contribution in [0.25, 0.3) is 0 Å². The zero-order valence-corrected chi connectivity index (χ0v) is 13.9. The number of rotatable bonds is 2. The van der Waals surface area contributed by atoms with Crippen LogP contribution in [-0.4, -0.2) is 30.4 Å². The fourth-order valence-electron chi connectivity index (χ4n) is 1.81. The minimum Gasteiger partial charge on any atom is -0.372 e. The van der Waals surface area contributed by atoms with Crippen LogP contribution in [0, 0.1) is 0 Å². The van der Waals surface area contributed by atoms with Gasteiger partial charge in [0.15, 0.2) is 0 Å². The van der Waals surface area contributed by atoms with Crippen molar-refractivity contribution >= 4 is 59.4 Å². The van der Waals surface area contributed by atoms with Gasteiger partial charge in [0.25, 0.3) is 0 Å². The lowest BCUT2D eigenvalue weighted by molar-refractivity contribution is -0.127. The molecule has 0 radical (unpaired) electrons. The monoisotopic (exact) mass is 424 g/mol. The van der Waals surface area contributed by atoms with Crippen LogP contribution in [-0.2, 0) is 4.79 Å². The number of benzene rings is 1. The Labute approximate surface area is 125 Å². The van der Waals surface area contributed by atoms with Crippen LogP contribution in [0.4, 0.5) is 5.69 Å². The molecule has 0 bridgehead atoms. The SMILES string of the molecule is CN1CCC(Nc2c(Br)cc(Br)cc2Br)C1=O. The summed E-state index contributed by atoms with van der Waals surface area (Å²) >= 11 is 10.4. The number of likely N-dealkylation sites (tertiary alicyclic amines) is 1. The van der Waals surface area contributed by atoms with Crippen molar-refractivity contribution in [2.45, 2.75) is 12.5 Å². The third-order valence-corrected chi connectivity index (χ3v) is 4.46. The molecule has 1 atom stereocenters. The normalized spacial score (nSPS) is 19.9. The average Bonchev–Trinajstić information content (AvgIpc) is 2.54. The molecule has 1 aliphatic rings. The molecular weight excluding hydrogens is 416 g/mol. The molecule has 1 saturated heterocycles. The zero-order valence-electron chi connectivity index (χ0n) is 9.14. The van der Waals surface area contributed by atoms with E-state index in [1.54, 1.807) is 4.90 Å². The third-order valence-electron chi connectivity index (χ3n) is 2.75. The quantitative estimate of drug-likeness (QED) is 0.783. The van der Waals surface area contributed by atoms with Crippen LogP contribution < -0.4 is 5.32 Å². The number of amides is 1. The number of nitrogens with one attached hydrogen (secondary N) is 1. The van der Waals surface area contributed by atoms with Gasteiger partial charge in [0.2, 0.25) is 5.91 Å². The van der Waals surface area contributed by atoms with E-state index in [1.165, 1.54) is 0 Å². The zero-order chi connectivity index (χ0) is 12.6. The molecule has 1 unspecified atom stereocenters. The van der Waals surface area contributed by atoms with Crippen molar-refractivity contribution in [2.24, 2.45) is 0 Å². The van der Waals surface area contributed by atoms with E-state index in [-0.39, 0.29) is 11.9 Å². The van der Waals surface area contributed by atoms with Crippen molar-refractivity contribution in [3.63, 3.8) is 0 Å². The summed E-state index contributed by atoms with van der Waals surface area (Å²) in [6.45, 7) is 0.808. The summed E-state index contributed by atoms with van der Waals surface area (Å²) in [5, 5.41) is 3.28. The fourth-order valence-corrected chi connectivity index (χ4v) is 4.30. The first-order chi connectivity index (χ1) is 7.99. The molecule has 1 N–H and O–H groups in total. The van der Waals surface area contributed by atoms with Crippen molar-refractivity contribution in [1.82, 2.24) is 4.90 Å². The van der Waals surface area contributed by atoms with Crippen LogP contribution in [0.1, 0.15) is 6.42 Å². The molecule has 17 heavy (non-hydrogen) atoms. The number of likely N-dealkylation sites (N-methyl/N-ethyl adjacent to an activating group) is 1. The highest BCUT2D eigenvalue weighted by atomic mass is 79.9. The second kappa shape index (κ2) is 5.28. The minimum absolute atomic E-state index is 0.131. The molecule has 2 rings (SSSR count). The van der Waals surface area contributed by atoms with Crippen LogP contribution in [0.15, 0.2) is 25.6 Å². The van der Waals surface area contributed by atoms with Gasteiger partial charge in [0.1, 0.15) is 6.04 Å². The summed E-state index contributed by atoms with van der Waals surface area (Å²) in [6.07, 6.45) is 0.838. The maximum atomic E-state index is 11.8. The Kier molecular flexibility index (Phi) is 4.15. The molecule has 1 heterocycles. The standard InChI is InChI=1S/C11H11Br3N2O/c1-16-3-2-9(11(16)17)15-10-7(13)4-6(12)5-8(10)14/h4-5,9,15H,2-3H2,1H3. The molecule has 3 nitrogen and oxygen atoms in total. The lowest BCUT2D eigenvalue weighted by atomic mass is 10.2. The first-order valence-corrected chi connectivity index (χ1v) is 7.53. The van der Waals surface area contributed by atoms with Crippen LogP contribution in [0.5, 0.6) is 0 Å². The van der Waals surface area contributed by atoms with Crippen LogP contribution >= 0.6 is 47.8 Å². The highest BCUT2D eigenvalue weighted by Crippen LogP contribution is 2.35. The van der Waals surface area contributed by atoms with Crippen molar-refractivity contribution in [2.75, 3.05) is 18.9 Å². The fraction of sp³-hybridized carbons (Fsp3) is 0.364. The van der Waals surface area contributed by atoms with Gasteiger partial charge in [-0.05, 0) is 50.4 Å². The third kappa shape index (κ3) is 2.85. The van der Waals surface area contributed by atoms with Crippen molar-refractivity contribution in [3.05, 3.63) is 25.6 Å². The van der Waals surface area contributed by atoms with E-state index in [2.05, 4.69) is 53.1 Å². The minimum atomic E-state index is -0.131. The van der Waals surface area contributed by atoms with Gasteiger partial charge in [-0.1, -0.05) is 15.9 Å². The summed E-state index contributed by atoms with van der Waals surface area (Å²) in [5.41, 5.74) is 0.918. The number of anilines is 1. The number of carbonyl (C=O) groups is 1. The van der Waals surface area contributed by atoms with Crippen LogP contribution in [0.2, 0.25) is 0 Å². The van der Waals surface area contributed by atoms with Gasteiger partial charge in [-0.15, -0.1) is 0 Å². The molecule has 1 aromatic carbocycles. The molecule has 1 amide bonds. The van der Waals surface area contributed by atoms with Gasteiger partial charge >= 0.3 is 0 Å².